The molecule has 108 valence electrons. The Kier molecular flexibility index (Phi) is 6.65. The lowest BCUT2D eigenvalue weighted by Gasteiger charge is -2.24. The van der Waals surface area contributed by atoms with E-state index in [1.165, 1.54) is 7.11 Å². The number of nitrogens with one attached hydrogen (secondary N) is 2. The lowest BCUT2D eigenvalue weighted by Crippen LogP contribution is -2.53. The fourth-order valence-electron chi connectivity index (χ4n) is 1.63. The van der Waals surface area contributed by atoms with Crippen molar-refractivity contribution in [3.05, 3.63) is 0 Å². The van der Waals surface area contributed by atoms with Crippen LogP contribution in [0.15, 0.2) is 0 Å². The number of ether oxygens (including phenoxy) is 1. The summed E-state index contributed by atoms with van der Waals surface area (Å²) in [5, 5.41) is 14.5. The summed E-state index contributed by atoms with van der Waals surface area (Å²) in [5.41, 5.74) is 0. The Hall–Kier alpha value is -1.28. The van der Waals surface area contributed by atoms with E-state index in [2.05, 4.69) is 15.4 Å². The molecule has 1 saturated heterocycles. The van der Waals surface area contributed by atoms with Crippen molar-refractivity contribution in [2.45, 2.75) is 24.9 Å². The van der Waals surface area contributed by atoms with Gasteiger partial charge in [-0.3, -0.25) is 9.59 Å². The van der Waals surface area contributed by atoms with Gasteiger partial charge in [-0.15, -0.1) is 0 Å². The number of carbonyl (C=O) groups is 3. The first kappa shape index (κ1) is 15.8. The summed E-state index contributed by atoms with van der Waals surface area (Å²) in [5.74, 6) is -0.430. The van der Waals surface area contributed by atoms with E-state index in [0.717, 1.165) is 12.3 Å². The van der Waals surface area contributed by atoms with Crippen molar-refractivity contribution >= 4 is 29.6 Å². The van der Waals surface area contributed by atoms with Gasteiger partial charge in [0, 0.05) is 24.5 Å². The minimum Gasteiger partial charge on any atom is -0.480 e. The summed E-state index contributed by atoms with van der Waals surface area (Å²) in [6.07, 6.45) is -0.0196. The average molecular weight is 290 g/mol. The Labute approximate surface area is 115 Å². The predicted octanol–water partition coefficient (Wildman–Crippen LogP) is -0.786. The fourth-order valence-corrected chi connectivity index (χ4v) is 2.56. The number of esters is 1. The predicted molar refractivity (Wildman–Crippen MR) is 69.9 cm³/mol. The van der Waals surface area contributed by atoms with Crippen molar-refractivity contribution in [2.24, 2.45) is 0 Å². The number of rotatable bonds is 6. The lowest BCUT2D eigenvalue weighted by molar-refractivity contribution is -0.144. The molecule has 1 aliphatic heterocycles. The van der Waals surface area contributed by atoms with E-state index in [1.807, 2.05) is 0 Å². The SMILES string of the molecule is COC(=O)CC[C@H](NC(=O)C1CSCCN1)C(=O)O. The minimum atomic E-state index is -1.15. The Morgan fingerprint density at radius 3 is 2.79 bits per heavy atom. The maximum Gasteiger partial charge on any atom is 0.326 e. The number of hydrogen-bond acceptors (Lipinski definition) is 6. The van der Waals surface area contributed by atoms with Gasteiger partial charge in [0.15, 0.2) is 0 Å². The van der Waals surface area contributed by atoms with Crippen LogP contribution in [-0.2, 0) is 19.1 Å². The van der Waals surface area contributed by atoms with Crippen LogP contribution in [0.2, 0.25) is 0 Å². The standard InChI is InChI=1S/C11H18N2O5S/c1-18-9(14)3-2-7(11(16)17)13-10(15)8-6-19-5-4-12-8/h7-8,12H,2-6H2,1H3,(H,13,15)(H,16,17)/t7-,8?/m0/s1. The summed E-state index contributed by atoms with van der Waals surface area (Å²) in [4.78, 5) is 33.9. The normalized spacial score (nSPS) is 20.4. The first-order chi connectivity index (χ1) is 9.04. The lowest BCUT2D eigenvalue weighted by atomic mass is 10.1. The summed E-state index contributed by atoms with van der Waals surface area (Å²) < 4.78 is 4.44. The van der Waals surface area contributed by atoms with Crippen LogP contribution in [0.25, 0.3) is 0 Å². The number of aliphatic carboxylic acids is 1. The molecule has 0 aromatic heterocycles. The number of methoxy groups -OCH3 is 1. The van der Waals surface area contributed by atoms with E-state index in [1.54, 1.807) is 11.8 Å². The molecule has 0 aromatic carbocycles. The second-order valence-corrected chi connectivity index (χ2v) is 5.25. The third-order valence-electron chi connectivity index (χ3n) is 2.72. The molecule has 7 nitrogen and oxygen atoms in total. The van der Waals surface area contributed by atoms with Gasteiger partial charge in [0.05, 0.1) is 13.2 Å². The van der Waals surface area contributed by atoms with Gasteiger partial charge in [-0.1, -0.05) is 0 Å². The summed E-state index contributed by atoms with van der Waals surface area (Å²) >= 11 is 1.64. The van der Waals surface area contributed by atoms with E-state index in [9.17, 15) is 14.4 Å². The van der Waals surface area contributed by atoms with Crippen LogP contribution in [0.4, 0.5) is 0 Å². The van der Waals surface area contributed by atoms with Crippen molar-refractivity contribution in [3.63, 3.8) is 0 Å². The minimum absolute atomic E-state index is 0.0214. The quantitative estimate of drug-likeness (QED) is 0.551. The van der Waals surface area contributed by atoms with E-state index in [-0.39, 0.29) is 24.8 Å². The van der Waals surface area contributed by atoms with Crippen molar-refractivity contribution in [1.82, 2.24) is 10.6 Å². The number of hydrogen-bond donors (Lipinski definition) is 3. The van der Waals surface area contributed by atoms with E-state index < -0.39 is 18.0 Å². The number of amides is 1. The maximum atomic E-state index is 11.9. The Morgan fingerprint density at radius 1 is 1.53 bits per heavy atom. The van der Waals surface area contributed by atoms with Crippen LogP contribution in [0, 0.1) is 0 Å². The van der Waals surface area contributed by atoms with E-state index in [4.69, 9.17) is 5.11 Å². The van der Waals surface area contributed by atoms with Gasteiger partial charge < -0.3 is 20.5 Å². The van der Waals surface area contributed by atoms with Gasteiger partial charge in [0.1, 0.15) is 6.04 Å². The second kappa shape index (κ2) is 8.00. The molecular formula is C11H18N2O5S. The van der Waals surface area contributed by atoms with Gasteiger partial charge in [-0.2, -0.15) is 11.8 Å². The van der Waals surface area contributed by atoms with Crippen molar-refractivity contribution in [1.29, 1.82) is 0 Å². The van der Waals surface area contributed by atoms with Crippen LogP contribution in [-0.4, -0.2) is 60.2 Å². The second-order valence-electron chi connectivity index (χ2n) is 4.10. The van der Waals surface area contributed by atoms with Crippen molar-refractivity contribution < 1.29 is 24.2 Å². The average Bonchev–Trinajstić information content (AvgIpc) is 2.43. The zero-order valence-corrected chi connectivity index (χ0v) is 11.5. The van der Waals surface area contributed by atoms with Crippen LogP contribution < -0.4 is 10.6 Å². The van der Waals surface area contributed by atoms with Crippen LogP contribution in [0.5, 0.6) is 0 Å². The van der Waals surface area contributed by atoms with Gasteiger partial charge in [-0.05, 0) is 6.42 Å². The molecule has 1 unspecified atom stereocenters. The molecular weight excluding hydrogens is 272 g/mol. The molecule has 2 atom stereocenters. The highest BCUT2D eigenvalue weighted by Gasteiger charge is 2.26. The van der Waals surface area contributed by atoms with Crippen LogP contribution in [0.3, 0.4) is 0 Å². The molecule has 0 aromatic rings. The fraction of sp³-hybridized carbons (Fsp3) is 0.727. The first-order valence-electron chi connectivity index (χ1n) is 5.95. The molecule has 19 heavy (non-hydrogen) atoms. The molecule has 0 aliphatic carbocycles. The zero-order valence-electron chi connectivity index (χ0n) is 10.7. The van der Waals surface area contributed by atoms with Gasteiger partial charge in [0.25, 0.3) is 0 Å². The summed E-state index contributed by atoms with van der Waals surface area (Å²) in [7, 11) is 1.24. The molecule has 3 N–H and O–H groups in total. The number of carbonyl (C=O) groups excluding carboxylic acids is 2. The smallest absolute Gasteiger partial charge is 0.326 e. The highest BCUT2D eigenvalue weighted by molar-refractivity contribution is 7.99. The molecule has 1 heterocycles. The number of thioether (sulfide) groups is 1. The molecule has 1 rings (SSSR count). The zero-order chi connectivity index (χ0) is 14.3. The summed E-state index contributed by atoms with van der Waals surface area (Å²) in [6.45, 7) is 0.725. The van der Waals surface area contributed by atoms with Crippen LogP contribution >= 0.6 is 11.8 Å². The number of carboxylic acids is 1. The first-order valence-corrected chi connectivity index (χ1v) is 7.11. The third kappa shape index (κ3) is 5.48. The third-order valence-corrected chi connectivity index (χ3v) is 3.78. The Bertz CT molecular complexity index is 344. The molecule has 0 radical (unpaired) electrons. The molecule has 1 amide bonds. The van der Waals surface area contributed by atoms with Gasteiger partial charge in [-0.25, -0.2) is 4.79 Å². The molecule has 1 aliphatic rings. The molecule has 0 saturated carbocycles. The van der Waals surface area contributed by atoms with Crippen LogP contribution in [0.1, 0.15) is 12.8 Å². The van der Waals surface area contributed by atoms with Crippen molar-refractivity contribution in [3.8, 4) is 0 Å². The Morgan fingerprint density at radius 2 is 2.26 bits per heavy atom. The summed E-state index contributed by atoms with van der Waals surface area (Å²) in [6, 6.07) is -1.45. The van der Waals surface area contributed by atoms with E-state index in [0.29, 0.717) is 5.75 Å². The highest BCUT2D eigenvalue weighted by Crippen LogP contribution is 2.08. The number of carboxylic acid groups (broad SMARTS) is 1. The van der Waals surface area contributed by atoms with Crippen molar-refractivity contribution in [2.75, 3.05) is 25.2 Å². The van der Waals surface area contributed by atoms with E-state index >= 15 is 0 Å². The molecule has 8 heteroatoms. The monoisotopic (exact) mass is 290 g/mol. The maximum absolute atomic E-state index is 11.9. The van der Waals surface area contributed by atoms with Gasteiger partial charge in [0.2, 0.25) is 5.91 Å². The van der Waals surface area contributed by atoms with Gasteiger partial charge >= 0.3 is 11.9 Å². The highest BCUT2D eigenvalue weighted by atomic mass is 32.2. The Balaban J connectivity index is 2.45. The molecule has 0 spiro atoms. The topological polar surface area (TPSA) is 105 Å². The molecule has 0 bridgehead atoms. The largest absolute Gasteiger partial charge is 0.480 e. The molecule has 1 fully saturated rings.